The number of nitrogens with one attached hydrogen (secondary N) is 1. The van der Waals surface area contributed by atoms with Crippen LogP contribution in [0.5, 0.6) is 0 Å². The zero-order chi connectivity index (χ0) is 7.98. The minimum absolute atomic E-state index is 0.191. The molecule has 1 N–H and O–H groups in total. The van der Waals surface area contributed by atoms with Gasteiger partial charge in [0.15, 0.2) is 0 Å². The van der Waals surface area contributed by atoms with Crippen molar-refractivity contribution in [2.24, 2.45) is 0 Å². The van der Waals surface area contributed by atoms with Gasteiger partial charge < -0.3 is 4.74 Å². The molecule has 0 aromatic rings. The predicted octanol–water partition coefficient (Wildman–Crippen LogP) is 0.829. The Balaban J connectivity index is 3.26. The number of rotatable bonds is 3. The number of ether oxygens (including phenoxy) is 1. The van der Waals surface area contributed by atoms with Crippen molar-refractivity contribution in [3.8, 4) is 0 Å². The third-order valence-electron chi connectivity index (χ3n) is 0.505. The van der Waals surface area contributed by atoms with E-state index in [2.05, 4.69) is 27.0 Å². The molecule has 10 heavy (non-hydrogen) atoms. The van der Waals surface area contributed by atoms with Crippen LogP contribution in [0.25, 0.3) is 0 Å². The van der Waals surface area contributed by atoms with Crippen molar-refractivity contribution in [1.29, 1.82) is 0 Å². The molecule has 0 radical (unpaired) electrons. The summed E-state index contributed by atoms with van der Waals surface area (Å²) in [5.74, 6) is 0. The van der Waals surface area contributed by atoms with Gasteiger partial charge in [-0.3, -0.25) is 0 Å². The fraction of sp³-hybridized carbons (Fsp3) is 0.750. The summed E-state index contributed by atoms with van der Waals surface area (Å²) in [5.41, 5.74) is 1.80. The first-order chi connectivity index (χ1) is 4.66. The van der Waals surface area contributed by atoms with Gasteiger partial charge in [0.1, 0.15) is 0 Å². The molecule has 0 aliphatic carbocycles. The van der Waals surface area contributed by atoms with Gasteiger partial charge in [-0.1, -0.05) is 4.99 Å². The highest BCUT2D eigenvalue weighted by Gasteiger charge is 2.03. The topological polar surface area (TPSA) is 56.8 Å². The Kier molecular flexibility index (Phi) is 5.09. The number of amides is 1. The van der Waals surface area contributed by atoms with Gasteiger partial charge >= 0.3 is 6.09 Å². The lowest BCUT2D eigenvalue weighted by atomic mass is 10.5. The standard InChI is InChI=1S/C4H9NO4S/c1-3(2)7-4(6)5-8-9-10/h3,10H,1-2H3,(H,5,6). The van der Waals surface area contributed by atoms with E-state index < -0.39 is 6.09 Å². The van der Waals surface area contributed by atoms with Crippen LogP contribution in [0.15, 0.2) is 0 Å². The molecule has 0 heterocycles. The van der Waals surface area contributed by atoms with Crippen LogP contribution in [0.4, 0.5) is 4.79 Å². The molecular weight excluding hydrogens is 158 g/mol. The van der Waals surface area contributed by atoms with Crippen molar-refractivity contribution in [3.05, 3.63) is 0 Å². The number of hydrogen-bond donors (Lipinski definition) is 2. The van der Waals surface area contributed by atoms with E-state index in [0.717, 1.165) is 0 Å². The summed E-state index contributed by atoms with van der Waals surface area (Å²) in [6.45, 7) is 3.42. The highest BCUT2D eigenvalue weighted by Crippen LogP contribution is 1.88. The molecule has 0 saturated heterocycles. The van der Waals surface area contributed by atoms with Crippen LogP contribution in [0, 0.1) is 0 Å². The lowest BCUT2D eigenvalue weighted by Gasteiger charge is -2.06. The Hall–Kier alpha value is -0.460. The van der Waals surface area contributed by atoms with Crippen molar-refractivity contribution in [3.63, 3.8) is 0 Å². The van der Waals surface area contributed by atoms with Crippen LogP contribution in [-0.2, 0) is 14.1 Å². The second-order valence-electron chi connectivity index (χ2n) is 1.71. The SMILES string of the molecule is CC(C)OC(=O)NOOS. The van der Waals surface area contributed by atoms with Crippen LogP contribution < -0.4 is 5.48 Å². The van der Waals surface area contributed by atoms with Gasteiger partial charge in [0.25, 0.3) is 0 Å². The molecule has 0 aliphatic rings. The zero-order valence-electron chi connectivity index (χ0n) is 5.66. The van der Waals surface area contributed by atoms with Crippen molar-refractivity contribution in [2.75, 3.05) is 0 Å². The lowest BCUT2D eigenvalue weighted by Crippen LogP contribution is -2.26. The molecule has 6 heteroatoms. The van der Waals surface area contributed by atoms with Crippen LogP contribution in [0.1, 0.15) is 13.8 Å². The molecule has 0 aliphatic heterocycles. The minimum Gasteiger partial charge on any atom is -0.445 e. The first-order valence-corrected chi connectivity index (χ1v) is 2.97. The fourth-order valence-corrected chi connectivity index (χ4v) is 0.328. The largest absolute Gasteiger partial charge is 0.445 e. The molecule has 0 atom stereocenters. The van der Waals surface area contributed by atoms with Crippen molar-refractivity contribution in [1.82, 2.24) is 5.48 Å². The third-order valence-corrected chi connectivity index (χ3v) is 0.580. The molecule has 0 aromatic carbocycles. The number of thiol groups is 1. The van der Waals surface area contributed by atoms with Gasteiger partial charge in [-0.05, 0) is 13.8 Å². The van der Waals surface area contributed by atoms with Gasteiger partial charge in [-0.15, -0.1) is 4.33 Å². The second-order valence-corrected chi connectivity index (χ2v) is 1.86. The van der Waals surface area contributed by atoms with Crippen molar-refractivity contribution in [2.45, 2.75) is 20.0 Å². The Labute approximate surface area is 64.1 Å². The van der Waals surface area contributed by atoms with E-state index in [0.29, 0.717) is 0 Å². The van der Waals surface area contributed by atoms with E-state index in [-0.39, 0.29) is 6.10 Å². The van der Waals surface area contributed by atoms with E-state index in [1.807, 2.05) is 0 Å². The zero-order valence-corrected chi connectivity index (χ0v) is 6.55. The molecule has 60 valence electrons. The predicted molar refractivity (Wildman–Crippen MR) is 35.9 cm³/mol. The van der Waals surface area contributed by atoms with Crippen molar-refractivity contribution < 1.29 is 18.9 Å². The van der Waals surface area contributed by atoms with Crippen LogP contribution in [0.2, 0.25) is 0 Å². The Morgan fingerprint density at radius 3 is 2.60 bits per heavy atom. The van der Waals surface area contributed by atoms with Crippen molar-refractivity contribution >= 4 is 19.0 Å². The van der Waals surface area contributed by atoms with Crippen LogP contribution in [0.3, 0.4) is 0 Å². The maximum absolute atomic E-state index is 10.4. The molecule has 0 fully saturated rings. The molecule has 0 spiro atoms. The highest BCUT2D eigenvalue weighted by molar-refractivity contribution is 7.74. The highest BCUT2D eigenvalue weighted by atomic mass is 32.1. The maximum atomic E-state index is 10.4. The fourth-order valence-electron chi connectivity index (χ4n) is 0.291. The number of carbonyl (C=O) groups excluding carboxylic acids is 1. The quantitative estimate of drug-likeness (QED) is 0.283. The Bertz CT molecular complexity index is 107. The summed E-state index contributed by atoms with van der Waals surface area (Å²) in [6, 6.07) is 0. The van der Waals surface area contributed by atoms with Crippen LogP contribution >= 0.6 is 12.9 Å². The molecule has 0 saturated carbocycles. The van der Waals surface area contributed by atoms with E-state index in [9.17, 15) is 4.79 Å². The first kappa shape index (κ1) is 9.54. The number of hydrogen-bond acceptors (Lipinski definition) is 5. The molecule has 1 amide bonds. The minimum atomic E-state index is -0.718. The van der Waals surface area contributed by atoms with Gasteiger partial charge in [-0.2, -0.15) is 5.48 Å². The first-order valence-electron chi connectivity index (χ1n) is 2.60. The van der Waals surface area contributed by atoms with E-state index in [1.165, 1.54) is 0 Å². The normalized spacial score (nSPS) is 9.60. The monoisotopic (exact) mass is 167 g/mol. The molecule has 0 aromatic heterocycles. The summed E-state index contributed by atoms with van der Waals surface area (Å²) in [6.07, 6.45) is -0.910. The maximum Gasteiger partial charge on any atom is 0.434 e. The van der Waals surface area contributed by atoms with Gasteiger partial charge in [-0.25, -0.2) is 4.79 Å². The summed E-state index contributed by atoms with van der Waals surface area (Å²) in [5, 5.41) is 0. The third kappa shape index (κ3) is 5.67. The number of hydroxylamine groups is 1. The van der Waals surface area contributed by atoms with E-state index in [4.69, 9.17) is 0 Å². The van der Waals surface area contributed by atoms with Gasteiger partial charge in [0, 0.05) is 12.9 Å². The number of carbonyl (C=O) groups is 1. The molecule has 5 nitrogen and oxygen atoms in total. The van der Waals surface area contributed by atoms with E-state index in [1.54, 1.807) is 19.3 Å². The second kappa shape index (κ2) is 5.33. The lowest BCUT2D eigenvalue weighted by molar-refractivity contribution is -0.231. The van der Waals surface area contributed by atoms with Gasteiger partial charge in [0.05, 0.1) is 6.10 Å². The summed E-state index contributed by atoms with van der Waals surface area (Å²) in [7, 11) is 0. The van der Waals surface area contributed by atoms with Gasteiger partial charge in [0.2, 0.25) is 0 Å². The smallest absolute Gasteiger partial charge is 0.434 e. The average molecular weight is 167 g/mol. The molecular formula is C4H9NO4S. The van der Waals surface area contributed by atoms with Crippen LogP contribution in [-0.4, -0.2) is 12.2 Å². The summed E-state index contributed by atoms with van der Waals surface area (Å²) < 4.78 is 8.34. The molecule has 0 bridgehead atoms. The Morgan fingerprint density at radius 1 is 1.60 bits per heavy atom. The Morgan fingerprint density at radius 2 is 2.20 bits per heavy atom. The molecule has 0 rings (SSSR count). The summed E-state index contributed by atoms with van der Waals surface area (Å²) in [4.78, 5) is 14.4. The average Bonchev–Trinajstić information content (AvgIpc) is 1.82. The summed E-state index contributed by atoms with van der Waals surface area (Å²) >= 11 is 3.19. The molecule has 0 unspecified atom stereocenters. The van der Waals surface area contributed by atoms with E-state index >= 15 is 0 Å².